The average Bonchev–Trinajstić information content (AvgIpc) is 3.71. The predicted molar refractivity (Wildman–Crippen MR) is 250 cm³/mol. The van der Waals surface area contributed by atoms with Gasteiger partial charge in [0.15, 0.2) is 0 Å². The molecule has 10 atom stereocenters. The van der Waals surface area contributed by atoms with Crippen LogP contribution in [0, 0.1) is 23.7 Å². The quantitative estimate of drug-likeness (QED) is 0.109. The van der Waals surface area contributed by atoms with Crippen LogP contribution in [-0.4, -0.2) is 139 Å². The third-order valence-electron chi connectivity index (χ3n) is 12.6. The van der Waals surface area contributed by atoms with Gasteiger partial charge < -0.3 is 39.8 Å². The first kappa shape index (κ1) is 54.0. The van der Waals surface area contributed by atoms with E-state index in [1.807, 2.05) is 70.0 Å². The number of nitrogens with one attached hydrogen (secondary N) is 3. The van der Waals surface area contributed by atoms with Crippen molar-refractivity contribution in [2.24, 2.45) is 23.7 Å². The van der Waals surface area contributed by atoms with E-state index in [1.54, 1.807) is 71.8 Å². The summed E-state index contributed by atoms with van der Waals surface area (Å²) in [5, 5.41) is 19.6. The Morgan fingerprint density at radius 1 is 1.00 bits per heavy atom. The maximum absolute atomic E-state index is 14.2. The fourth-order valence-corrected chi connectivity index (χ4v) is 8.97. The Labute approximate surface area is 383 Å². The highest BCUT2D eigenvalue weighted by atomic mass is 16.6. The van der Waals surface area contributed by atoms with Crippen LogP contribution in [-0.2, 0) is 39.9 Å². The van der Waals surface area contributed by atoms with Crippen LogP contribution in [0.25, 0.3) is 0 Å². The molecule has 15 nitrogen and oxygen atoms in total. The number of amides is 5. The molecule has 0 radical (unpaired) electrons. The largest absolute Gasteiger partial charge is 0.444 e. The normalized spacial score (nSPS) is 20.3. The number of aliphatic hydroxyl groups is 1. The van der Waals surface area contributed by atoms with Gasteiger partial charge in [0.1, 0.15) is 5.60 Å². The summed E-state index contributed by atoms with van der Waals surface area (Å²) in [6, 6.07) is 5.41. The predicted octanol–water partition coefficient (Wildman–Crippen LogP) is 5.91. The fraction of sp³-hybridized carbons (Fsp3) is 0.694. The summed E-state index contributed by atoms with van der Waals surface area (Å²) in [7, 11) is 6.63. The Balaban J connectivity index is 1.66. The van der Waals surface area contributed by atoms with Crippen molar-refractivity contribution < 1.29 is 43.3 Å². The van der Waals surface area contributed by atoms with Crippen molar-refractivity contribution in [2.45, 2.75) is 156 Å². The molecule has 10 unspecified atom stereocenters. The van der Waals surface area contributed by atoms with Gasteiger partial charge in [-0.1, -0.05) is 78.3 Å². The second kappa shape index (κ2) is 24.8. The van der Waals surface area contributed by atoms with E-state index < -0.39 is 54.0 Å². The van der Waals surface area contributed by atoms with Crippen LogP contribution in [0.3, 0.4) is 0 Å². The number of ether oxygens (including phenoxy) is 3. The monoisotopic (exact) mass is 897 g/mol. The summed E-state index contributed by atoms with van der Waals surface area (Å²) < 4.78 is 17.3. The minimum absolute atomic E-state index is 0.00217. The van der Waals surface area contributed by atoms with Crippen molar-refractivity contribution in [3.05, 3.63) is 53.6 Å². The van der Waals surface area contributed by atoms with E-state index in [0.29, 0.717) is 37.5 Å². The van der Waals surface area contributed by atoms with Crippen molar-refractivity contribution in [1.29, 1.82) is 0 Å². The Kier molecular flexibility index (Phi) is 21.0. The van der Waals surface area contributed by atoms with Crippen LogP contribution in [0.4, 0.5) is 10.5 Å². The number of hydrogen-bond acceptors (Lipinski definition) is 10. The highest BCUT2D eigenvalue weighted by Crippen LogP contribution is 2.30. The van der Waals surface area contributed by atoms with Crippen LogP contribution >= 0.6 is 0 Å². The molecular formula is C49H80N6O9. The third kappa shape index (κ3) is 15.4. The number of carbonyl (C=O) groups excluding carboxylic acids is 5. The number of rotatable bonds is 22. The molecule has 1 saturated heterocycles. The molecule has 1 aliphatic heterocycles. The standard InChI is InChI=1S/C49H80N6O9/c1-15-32(5)43(54(12)41(57)28-50-47(60)42(30(2)3)53(11)29-35-18-16-19-37(26-35)52-48(61)64-49(8,9)10)39(62-13)27-40(56)55-25-17-20-38(55)45(63-14)33(6)46(59)51-34(7)44(58)36-23-21-31(4)22-24-36/h16,18-19,21,23-24,26,30-34,38-39,42-45,58H,15,17,20,22,25,27-29H2,1-14H3,(H,50,60)(H,51,59)(H,52,61). The smallest absolute Gasteiger partial charge is 0.412 e. The fourth-order valence-electron chi connectivity index (χ4n) is 8.97. The average molecular weight is 897 g/mol. The van der Waals surface area contributed by atoms with Crippen LogP contribution in [0.5, 0.6) is 0 Å². The van der Waals surface area contributed by atoms with E-state index in [0.717, 1.165) is 24.0 Å². The molecule has 1 heterocycles. The minimum Gasteiger partial charge on any atom is -0.444 e. The Morgan fingerprint density at radius 2 is 1.69 bits per heavy atom. The first-order chi connectivity index (χ1) is 30.0. The van der Waals surface area contributed by atoms with E-state index >= 15 is 0 Å². The summed E-state index contributed by atoms with van der Waals surface area (Å²) in [5.41, 5.74) is 1.59. The van der Waals surface area contributed by atoms with Crippen molar-refractivity contribution in [3.63, 3.8) is 0 Å². The van der Waals surface area contributed by atoms with E-state index in [9.17, 15) is 29.1 Å². The molecule has 0 spiro atoms. The van der Waals surface area contributed by atoms with Crippen molar-refractivity contribution in [2.75, 3.05) is 46.7 Å². The number of anilines is 1. The number of nitrogens with zero attached hydrogens (tertiary/aromatic N) is 3. The summed E-state index contributed by atoms with van der Waals surface area (Å²) in [6.45, 7) is 19.7. The molecule has 0 saturated carbocycles. The zero-order chi connectivity index (χ0) is 48.1. The van der Waals surface area contributed by atoms with Gasteiger partial charge in [-0.2, -0.15) is 0 Å². The first-order valence-corrected chi connectivity index (χ1v) is 23.1. The Hall–Kier alpha value is -4.31. The van der Waals surface area contributed by atoms with Crippen LogP contribution in [0.15, 0.2) is 48.1 Å². The highest BCUT2D eigenvalue weighted by Gasteiger charge is 2.42. The van der Waals surface area contributed by atoms with Gasteiger partial charge in [0.05, 0.1) is 61.4 Å². The number of methoxy groups -OCH3 is 2. The number of carbonyl (C=O) groups is 5. The van der Waals surface area contributed by atoms with Crippen LogP contribution < -0.4 is 16.0 Å². The molecule has 15 heteroatoms. The molecule has 1 aliphatic carbocycles. The van der Waals surface area contributed by atoms with E-state index in [-0.39, 0.29) is 54.5 Å². The number of likely N-dealkylation sites (N-methyl/N-ethyl adjacent to an activating group) is 2. The van der Waals surface area contributed by atoms with Gasteiger partial charge in [-0.3, -0.25) is 29.4 Å². The second-order valence-corrected chi connectivity index (χ2v) is 19.3. The van der Waals surface area contributed by atoms with Crippen LogP contribution in [0.1, 0.15) is 107 Å². The lowest BCUT2D eigenvalue weighted by molar-refractivity contribution is -0.146. The van der Waals surface area contributed by atoms with Gasteiger partial charge in [0.25, 0.3) is 0 Å². The molecule has 3 rings (SSSR count). The van der Waals surface area contributed by atoms with Gasteiger partial charge >= 0.3 is 6.09 Å². The molecule has 64 heavy (non-hydrogen) atoms. The van der Waals surface area contributed by atoms with Gasteiger partial charge in [-0.05, 0) is 95.0 Å². The number of allylic oxidation sites excluding steroid dienone is 2. The molecular weight excluding hydrogens is 817 g/mol. The minimum atomic E-state index is -0.854. The topological polar surface area (TPSA) is 179 Å². The molecule has 4 N–H and O–H groups in total. The number of aliphatic hydroxyl groups excluding tert-OH is 1. The lowest BCUT2D eigenvalue weighted by atomic mass is 9.90. The van der Waals surface area contributed by atoms with Crippen LogP contribution in [0.2, 0.25) is 0 Å². The van der Waals surface area contributed by atoms with Gasteiger partial charge in [-0.15, -0.1) is 0 Å². The van der Waals surface area contributed by atoms with Crippen molar-refractivity contribution >= 4 is 35.4 Å². The maximum Gasteiger partial charge on any atom is 0.412 e. The number of likely N-dealkylation sites (tertiary alicyclic amines) is 1. The Bertz CT molecular complexity index is 1780. The molecule has 0 aromatic heterocycles. The highest BCUT2D eigenvalue weighted by molar-refractivity contribution is 5.88. The van der Waals surface area contributed by atoms with Gasteiger partial charge in [0, 0.05) is 40.0 Å². The van der Waals surface area contributed by atoms with E-state index in [2.05, 4.69) is 29.0 Å². The van der Waals surface area contributed by atoms with E-state index in [1.165, 1.54) is 0 Å². The molecule has 2 aliphatic rings. The molecule has 1 aromatic carbocycles. The van der Waals surface area contributed by atoms with Gasteiger partial charge in [-0.25, -0.2) is 4.79 Å². The summed E-state index contributed by atoms with van der Waals surface area (Å²) in [5.74, 6) is -1.40. The lowest BCUT2D eigenvalue weighted by Crippen LogP contribution is -2.55. The first-order valence-electron chi connectivity index (χ1n) is 23.1. The second-order valence-electron chi connectivity index (χ2n) is 19.3. The third-order valence-corrected chi connectivity index (χ3v) is 12.6. The van der Waals surface area contributed by atoms with Gasteiger partial charge in [0.2, 0.25) is 23.6 Å². The lowest BCUT2D eigenvalue weighted by Gasteiger charge is -2.39. The summed E-state index contributed by atoms with van der Waals surface area (Å²) in [4.78, 5) is 73.1. The van der Waals surface area contributed by atoms with Crippen molar-refractivity contribution in [1.82, 2.24) is 25.3 Å². The number of hydrogen-bond donors (Lipinski definition) is 4. The SMILES string of the molecule is CCC(C)C(C(CC(=O)N1CCCC1C(OC)C(C)C(=O)NC(C)C(O)C1=CCC(C)C=C1)OC)N(C)C(=O)CNC(=O)C(C(C)C)N(C)Cc1cccc(NC(=O)OC(C)(C)C)c1. The molecule has 1 aromatic rings. The maximum atomic E-state index is 14.2. The van der Waals surface area contributed by atoms with E-state index in [4.69, 9.17) is 14.2 Å². The Morgan fingerprint density at radius 3 is 2.27 bits per heavy atom. The zero-order valence-corrected chi connectivity index (χ0v) is 41.1. The summed E-state index contributed by atoms with van der Waals surface area (Å²) >= 11 is 0. The molecule has 360 valence electrons. The zero-order valence-electron chi connectivity index (χ0n) is 41.1. The molecule has 1 fully saturated rings. The molecule has 5 amide bonds. The van der Waals surface area contributed by atoms with Crippen molar-refractivity contribution in [3.8, 4) is 0 Å². The molecule has 0 bridgehead atoms. The number of benzene rings is 1. The summed E-state index contributed by atoms with van der Waals surface area (Å²) in [6.07, 6.45) is 6.27.